The third-order valence-electron chi connectivity index (χ3n) is 4.23. The standard InChI is InChI=1S/C18H27NO4S/c1-17(2,3)14-10-12(11-15(16(14)20)18(4,5)6)9-13-7-8-19(21)24(13,22)23/h9-11,20-21H,7-8H2,1-6H3/b13-9-. The third kappa shape index (κ3) is 3.50. The Bertz CT molecular complexity index is 745. The van der Waals surface area contributed by atoms with E-state index in [9.17, 15) is 18.7 Å². The maximum atomic E-state index is 12.1. The van der Waals surface area contributed by atoms with Crippen LogP contribution in [0.3, 0.4) is 0 Å². The Morgan fingerprint density at radius 3 is 1.83 bits per heavy atom. The van der Waals surface area contributed by atoms with Crippen LogP contribution in [0.15, 0.2) is 17.0 Å². The Balaban J connectivity index is 2.69. The molecule has 2 N–H and O–H groups in total. The SMILES string of the molecule is CC(C)(C)c1cc(/C=C2/CCN(O)S2(=O)=O)cc(C(C)(C)C)c1O. The van der Waals surface area contributed by atoms with Crippen LogP contribution in [-0.4, -0.2) is 29.7 Å². The molecule has 1 saturated heterocycles. The first kappa shape index (κ1) is 19.0. The summed E-state index contributed by atoms with van der Waals surface area (Å²) in [6.45, 7) is 12.1. The van der Waals surface area contributed by atoms with Gasteiger partial charge in [0.25, 0.3) is 10.0 Å². The van der Waals surface area contributed by atoms with Crippen LogP contribution in [0.4, 0.5) is 0 Å². The number of aromatic hydroxyl groups is 1. The summed E-state index contributed by atoms with van der Waals surface area (Å²) in [6, 6.07) is 3.65. The summed E-state index contributed by atoms with van der Waals surface area (Å²) in [5.41, 5.74) is 1.71. The van der Waals surface area contributed by atoms with Crippen LogP contribution in [0.5, 0.6) is 5.75 Å². The molecule has 0 aliphatic carbocycles. The molecule has 5 nitrogen and oxygen atoms in total. The molecule has 24 heavy (non-hydrogen) atoms. The fraction of sp³-hybridized carbons (Fsp3) is 0.556. The molecule has 0 aromatic heterocycles. The molecule has 1 heterocycles. The van der Waals surface area contributed by atoms with Crippen molar-refractivity contribution in [2.45, 2.75) is 58.8 Å². The zero-order chi connectivity index (χ0) is 18.5. The quantitative estimate of drug-likeness (QED) is 0.806. The summed E-state index contributed by atoms with van der Waals surface area (Å²) in [7, 11) is -3.78. The monoisotopic (exact) mass is 353 g/mol. The molecule has 0 amide bonds. The molecule has 0 saturated carbocycles. The van der Waals surface area contributed by atoms with E-state index in [-0.39, 0.29) is 34.5 Å². The lowest BCUT2D eigenvalue weighted by Gasteiger charge is -2.28. The Morgan fingerprint density at radius 1 is 1.04 bits per heavy atom. The lowest BCUT2D eigenvalue weighted by molar-refractivity contribution is 0.0133. The highest BCUT2D eigenvalue weighted by molar-refractivity contribution is 7.93. The molecular formula is C18H27NO4S. The van der Waals surface area contributed by atoms with Gasteiger partial charge in [0.15, 0.2) is 0 Å². The zero-order valence-corrected chi connectivity index (χ0v) is 16.0. The number of hydrogen-bond acceptors (Lipinski definition) is 4. The number of phenols is 1. The van der Waals surface area contributed by atoms with E-state index < -0.39 is 10.0 Å². The summed E-state index contributed by atoms with van der Waals surface area (Å²) in [4.78, 5) is 0.190. The van der Waals surface area contributed by atoms with E-state index in [1.165, 1.54) is 0 Å². The minimum atomic E-state index is -3.78. The summed E-state index contributed by atoms with van der Waals surface area (Å²) in [6.07, 6.45) is 1.87. The van der Waals surface area contributed by atoms with E-state index in [1.807, 2.05) is 53.7 Å². The Morgan fingerprint density at radius 2 is 1.50 bits per heavy atom. The van der Waals surface area contributed by atoms with E-state index >= 15 is 0 Å². The molecule has 0 bridgehead atoms. The van der Waals surface area contributed by atoms with Gasteiger partial charge in [0.2, 0.25) is 0 Å². The van der Waals surface area contributed by atoms with Gasteiger partial charge in [-0.1, -0.05) is 46.0 Å². The molecule has 134 valence electrons. The second-order valence-electron chi connectivity index (χ2n) is 8.38. The lowest BCUT2D eigenvalue weighted by atomic mass is 9.78. The van der Waals surface area contributed by atoms with Crippen molar-refractivity contribution in [2.75, 3.05) is 6.54 Å². The van der Waals surface area contributed by atoms with Gasteiger partial charge in [-0.15, -0.1) is 0 Å². The van der Waals surface area contributed by atoms with Gasteiger partial charge >= 0.3 is 0 Å². The lowest BCUT2D eigenvalue weighted by Crippen LogP contribution is -2.20. The summed E-state index contributed by atoms with van der Waals surface area (Å²) >= 11 is 0. The van der Waals surface area contributed by atoms with E-state index in [2.05, 4.69) is 0 Å². The second kappa shape index (κ2) is 5.86. The van der Waals surface area contributed by atoms with Crippen LogP contribution in [0, 0.1) is 0 Å². The number of hydrogen-bond donors (Lipinski definition) is 2. The number of rotatable bonds is 1. The van der Waals surface area contributed by atoms with Crippen LogP contribution in [0.2, 0.25) is 0 Å². The van der Waals surface area contributed by atoms with E-state index in [0.29, 0.717) is 4.47 Å². The second-order valence-corrected chi connectivity index (χ2v) is 10.3. The van der Waals surface area contributed by atoms with Gasteiger partial charge in [0, 0.05) is 24.1 Å². The topological polar surface area (TPSA) is 77.8 Å². The van der Waals surface area contributed by atoms with Crippen LogP contribution < -0.4 is 0 Å². The molecule has 2 rings (SSSR count). The van der Waals surface area contributed by atoms with Crippen molar-refractivity contribution in [1.29, 1.82) is 0 Å². The third-order valence-corrected chi connectivity index (χ3v) is 5.96. The Kier molecular flexibility index (Phi) is 4.63. The fourth-order valence-electron chi connectivity index (χ4n) is 2.81. The zero-order valence-electron chi connectivity index (χ0n) is 15.2. The molecule has 0 radical (unpaired) electrons. The summed E-state index contributed by atoms with van der Waals surface area (Å²) in [5.74, 6) is 0.259. The highest BCUT2D eigenvalue weighted by Crippen LogP contribution is 2.40. The van der Waals surface area contributed by atoms with E-state index in [1.54, 1.807) is 6.08 Å². The molecule has 1 aliphatic rings. The number of hydroxylamine groups is 1. The van der Waals surface area contributed by atoms with Gasteiger partial charge < -0.3 is 5.11 Å². The van der Waals surface area contributed by atoms with Crippen LogP contribution >= 0.6 is 0 Å². The van der Waals surface area contributed by atoms with Gasteiger partial charge in [0.05, 0.1) is 4.91 Å². The van der Waals surface area contributed by atoms with Crippen molar-refractivity contribution in [3.05, 3.63) is 33.7 Å². The molecule has 6 heteroatoms. The van der Waals surface area contributed by atoms with E-state index in [4.69, 9.17) is 0 Å². The Hall–Kier alpha value is -1.37. The molecule has 1 fully saturated rings. The van der Waals surface area contributed by atoms with Gasteiger partial charge in [-0.05, 0) is 34.6 Å². The first-order valence-electron chi connectivity index (χ1n) is 8.05. The van der Waals surface area contributed by atoms with Gasteiger partial charge in [-0.3, -0.25) is 5.21 Å². The van der Waals surface area contributed by atoms with Crippen molar-refractivity contribution < 1.29 is 18.7 Å². The highest BCUT2D eigenvalue weighted by Gasteiger charge is 2.33. The maximum absolute atomic E-state index is 12.1. The van der Waals surface area contributed by atoms with Crippen molar-refractivity contribution in [2.24, 2.45) is 0 Å². The van der Waals surface area contributed by atoms with Crippen molar-refractivity contribution in [3.8, 4) is 5.75 Å². The van der Waals surface area contributed by atoms with Crippen molar-refractivity contribution in [3.63, 3.8) is 0 Å². The summed E-state index contributed by atoms with van der Waals surface area (Å²) < 4.78 is 24.6. The molecule has 1 aliphatic heterocycles. The van der Waals surface area contributed by atoms with Crippen LogP contribution in [-0.2, 0) is 20.9 Å². The molecule has 1 aromatic rings. The fourth-order valence-corrected chi connectivity index (χ4v) is 4.04. The molecule has 0 unspecified atom stereocenters. The minimum Gasteiger partial charge on any atom is -0.507 e. The van der Waals surface area contributed by atoms with Crippen LogP contribution in [0.25, 0.3) is 6.08 Å². The number of sulfonamides is 1. The number of nitrogens with zero attached hydrogens (tertiary/aromatic N) is 1. The predicted octanol–water partition coefficient (Wildman–Crippen LogP) is 3.75. The van der Waals surface area contributed by atoms with Gasteiger partial charge in [0.1, 0.15) is 5.75 Å². The number of phenolic OH excluding ortho intramolecular Hbond substituents is 1. The van der Waals surface area contributed by atoms with Crippen LogP contribution in [0.1, 0.15) is 64.7 Å². The first-order chi connectivity index (χ1) is 10.7. The molecular weight excluding hydrogens is 326 g/mol. The molecule has 1 aromatic carbocycles. The van der Waals surface area contributed by atoms with Gasteiger partial charge in [-0.25, -0.2) is 8.42 Å². The van der Waals surface area contributed by atoms with Crippen molar-refractivity contribution >= 4 is 16.1 Å². The minimum absolute atomic E-state index is 0.0739. The Labute approximate surface area is 144 Å². The van der Waals surface area contributed by atoms with Gasteiger partial charge in [-0.2, -0.15) is 0 Å². The maximum Gasteiger partial charge on any atom is 0.261 e. The van der Waals surface area contributed by atoms with Crippen molar-refractivity contribution in [1.82, 2.24) is 4.47 Å². The summed E-state index contributed by atoms with van der Waals surface area (Å²) in [5, 5.41) is 20.2. The molecule has 0 spiro atoms. The number of benzene rings is 1. The molecule has 0 atom stereocenters. The average Bonchev–Trinajstić information content (AvgIpc) is 2.64. The normalized spacial score (nSPS) is 20.7. The largest absolute Gasteiger partial charge is 0.507 e. The smallest absolute Gasteiger partial charge is 0.261 e. The average molecular weight is 353 g/mol. The van der Waals surface area contributed by atoms with E-state index in [0.717, 1.165) is 16.7 Å². The highest BCUT2D eigenvalue weighted by atomic mass is 32.2. The predicted molar refractivity (Wildman–Crippen MR) is 95.5 cm³/mol. The first-order valence-corrected chi connectivity index (χ1v) is 9.49.